The predicted molar refractivity (Wildman–Crippen MR) is 137 cm³/mol. The Kier molecular flexibility index (Phi) is 7.43. The number of pyridine rings is 1. The fraction of sp³-hybridized carbons (Fsp3) is 0.440. The number of fused-ring (bicyclic) bond motifs is 1. The van der Waals surface area contributed by atoms with Crippen molar-refractivity contribution in [1.29, 1.82) is 10.8 Å². The van der Waals surface area contributed by atoms with E-state index in [-0.39, 0.29) is 39.4 Å². The third kappa shape index (κ3) is 4.63. The topological polar surface area (TPSA) is 123 Å². The van der Waals surface area contributed by atoms with E-state index in [0.29, 0.717) is 31.1 Å². The maximum atomic E-state index is 14.0. The zero-order valence-electron chi connectivity index (χ0n) is 20.8. The van der Waals surface area contributed by atoms with Crippen LogP contribution in [0.1, 0.15) is 54.2 Å². The quantitative estimate of drug-likeness (QED) is 0.400. The summed E-state index contributed by atoms with van der Waals surface area (Å²) < 4.78 is 34.1. The molecule has 0 unspecified atom stereocenters. The Morgan fingerprint density at radius 1 is 1.24 bits per heavy atom. The molecule has 0 radical (unpaired) electrons. The second-order valence-electron chi connectivity index (χ2n) is 9.17. The molecule has 1 aliphatic carbocycles. The number of aromatic nitrogens is 1. The lowest BCUT2D eigenvalue weighted by Crippen LogP contribution is -2.70. The van der Waals surface area contributed by atoms with E-state index in [1.807, 2.05) is 11.9 Å². The maximum absolute atomic E-state index is 14.0. The van der Waals surface area contributed by atoms with Crippen LogP contribution in [0.3, 0.4) is 0 Å². The van der Waals surface area contributed by atoms with E-state index >= 15 is 0 Å². The van der Waals surface area contributed by atoms with Gasteiger partial charge in [-0.05, 0) is 44.2 Å². The number of rotatable bonds is 5. The summed E-state index contributed by atoms with van der Waals surface area (Å²) in [6, 6.07) is 3.02. The molecule has 1 spiro atoms. The molecule has 1 fully saturated rings. The molecule has 2 aromatic rings. The highest BCUT2D eigenvalue weighted by molar-refractivity contribution is 8.26. The van der Waals surface area contributed by atoms with Gasteiger partial charge in [0.2, 0.25) is 5.43 Å². The molecule has 1 amide bonds. The van der Waals surface area contributed by atoms with Crippen molar-refractivity contribution in [3.63, 3.8) is 0 Å². The molecular weight excluding hydrogens is 504 g/mol. The summed E-state index contributed by atoms with van der Waals surface area (Å²) in [5, 5.41) is 28.8. The molecule has 0 atom stereocenters. The summed E-state index contributed by atoms with van der Waals surface area (Å²) in [7, 11) is 3.43. The van der Waals surface area contributed by atoms with Crippen molar-refractivity contribution in [2.24, 2.45) is 0 Å². The number of benzene rings is 1. The Balaban J connectivity index is 1.66. The predicted octanol–water partition coefficient (Wildman–Crippen LogP) is 3.44. The number of thioether (sulfide) groups is 1. The molecule has 9 nitrogen and oxygen atoms in total. The molecule has 2 aliphatic rings. The fourth-order valence-electron chi connectivity index (χ4n) is 5.25. The summed E-state index contributed by atoms with van der Waals surface area (Å²) in [4.78, 5) is 28.2. The van der Waals surface area contributed by atoms with Crippen molar-refractivity contribution >= 4 is 27.8 Å². The molecule has 1 aromatic heterocycles. The SMILES string of the molecule is CCN1C(=O)c2c(O)c(=O)c(C(=N)SC(=N)Cc3ccc(F)cc3F)cn2N(C)C12CCC(OC)CC2. The van der Waals surface area contributed by atoms with E-state index in [9.17, 15) is 23.5 Å². The van der Waals surface area contributed by atoms with Gasteiger partial charge in [-0.2, -0.15) is 0 Å². The summed E-state index contributed by atoms with van der Waals surface area (Å²) >= 11 is 0.623. The monoisotopic (exact) mass is 533 g/mol. The first-order valence-electron chi connectivity index (χ1n) is 11.9. The first-order valence-corrected chi connectivity index (χ1v) is 12.7. The van der Waals surface area contributed by atoms with Crippen molar-refractivity contribution in [2.75, 3.05) is 25.7 Å². The lowest BCUT2D eigenvalue weighted by Gasteiger charge is -2.56. The van der Waals surface area contributed by atoms with Crippen LogP contribution in [0, 0.1) is 22.5 Å². The largest absolute Gasteiger partial charge is 0.502 e. The second kappa shape index (κ2) is 10.3. The smallest absolute Gasteiger partial charge is 0.278 e. The van der Waals surface area contributed by atoms with Gasteiger partial charge >= 0.3 is 0 Å². The van der Waals surface area contributed by atoms with Gasteiger partial charge in [-0.3, -0.25) is 30.1 Å². The Bertz CT molecular complexity index is 1320. The lowest BCUT2D eigenvalue weighted by atomic mass is 9.84. The van der Waals surface area contributed by atoms with Gasteiger partial charge in [-0.1, -0.05) is 17.8 Å². The van der Waals surface area contributed by atoms with E-state index in [1.165, 1.54) is 16.9 Å². The number of halogens is 2. The normalized spacial score (nSPS) is 21.3. The number of aromatic hydroxyl groups is 1. The van der Waals surface area contributed by atoms with Crippen LogP contribution in [-0.2, 0) is 11.2 Å². The standard InChI is InChI=1S/C25H29F2N5O4S/c1-4-31-24(35)20-22(34)21(33)17(13-32(20)30(2)25(31)9-7-16(36-3)8-10-25)23(29)37-19(28)11-14-5-6-15(26)12-18(14)27/h5-6,12-13,16,28-29,34H,4,7-11H2,1-3H3. The first-order chi connectivity index (χ1) is 17.5. The van der Waals surface area contributed by atoms with Crippen LogP contribution in [-0.4, -0.2) is 63.1 Å². The van der Waals surface area contributed by atoms with Gasteiger partial charge in [-0.25, -0.2) is 8.78 Å². The highest BCUT2D eigenvalue weighted by Crippen LogP contribution is 2.41. The van der Waals surface area contributed by atoms with Crippen LogP contribution in [0.4, 0.5) is 8.78 Å². The molecule has 3 N–H and O–H groups in total. The van der Waals surface area contributed by atoms with Crippen LogP contribution >= 0.6 is 11.8 Å². The Morgan fingerprint density at radius 2 is 1.92 bits per heavy atom. The van der Waals surface area contributed by atoms with Gasteiger partial charge in [0, 0.05) is 39.4 Å². The average molecular weight is 534 g/mol. The Labute approximate surface area is 217 Å². The molecule has 0 saturated heterocycles. The van der Waals surface area contributed by atoms with Gasteiger partial charge in [0.1, 0.15) is 22.3 Å². The molecule has 1 aliphatic heterocycles. The van der Waals surface area contributed by atoms with Crippen LogP contribution < -0.4 is 10.4 Å². The van der Waals surface area contributed by atoms with Crippen molar-refractivity contribution in [3.05, 3.63) is 63.1 Å². The van der Waals surface area contributed by atoms with Gasteiger partial charge in [0.25, 0.3) is 5.91 Å². The van der Waals surface area contributed by atoms with Crippen LogP contribution in [0.5, 0.6) is 5.75 Å². The number of amides is 1. The summed E-state index contributed by atoms with van der Waals surface area (Å²) in [5.74, 6) is -2.79. The molecule has 12 heteroatoms. The number of methoxy groups -OCH3 is 1. The van der Waals surface area contributed by atoms with E-state index in [4.69, 9.17) is 15.6 Å². The number of carbonyl (C=O) groups is 1. The minimum Gasteiger partial charge on any atom is -0.502 e. The highest BCUT2D eigenvalue weighted by Gasteiger charge is 2.51. The Morgan fingerprint density at radius 3 is 2.51 bits per heavy atom. The number of nitrogens with zero attached hydrogens (tertiary/aromatic N) is 3. The number of ether oxygens (including phenoxy) is 1. The molecule has 2 heterocycles. The van der Waals surface area contributed by atoms with Crippen LogP contribution in [0.25, 0.3) is 0 Å². The number of carbonyl (C=O) groups excluding carboxylic acids is 1. The highest BCUT2D eigenvalue weighted by atomic mass is 32.2. The van der Waals surface area contributed by atoms with Gasteiger partial charge in [0.05, 0.1) is 16.7 Å². The third-order valence-electron chi connectivity index (χ3n) is 7.26. The third-order valence-corrected chi connectivity index (χ3v) is 8.07. The van der Waals surface area contributed by atoms with E-state index in [2.05, 4.69) is 0 Å². The molecule has 1 aromatic carbocycles. The summed E-state index contributed by atoms with van der Waals surface area (Å²) in [6.45, 7) is 2.22. The molecule has 37 heavy (non-hydrogen) atoms. The minimum absolute atomic E-state index is 0.0775. The van der Waals surface area contributed by atoms with Gasteiger partial charge in [0.15, 0.2) is 11.4 Å². The fourth-order valence-corrected chi connectivity index (χ4v) is 5.98. The van der Waals surface area contributed by atoms with Crippen molar-refractivity contribution < 1.29 is 23.4 Å². The van der Waals surface area contributed by atoms with E-state index < -0.39 is 34.4 Å². The van der Waals surface area contributed by atoms with Crippen molar-refractivity contribution in [3.8, 4) is 5.75 Å². The Hall–Kier alpha value is -3.25. The van der Waals surface area contributed by atoms with Crippen molar-refractivity contribution in [2.45, 2.75) is 50.8 Å². The lowest BCUT2D eigenvalue weighted by molar-refractivity contribution is -0.0203. The van der Waals surface area contributed by atoms with Gasteiger partial charge < -0.3 is 14.7 Å². The van der Waals surface area contributed by atoms with Gasteiger partial charge in [-0.15, -0.1) is 0 Å². The minimum atomic E-state index is -0.902. The van der Waals surface area contributed by atoms with Crippen molar-refractivity contribution in [1.82, 2.24) is 9.58 Å². The van der Waals surface area contributed by atoms with E-state index in [0.717, 1.165) is 25.0 Å². The zero-order valence-corrected chi connectivity index (χ0v) is 21.6. The number of hydrogen-bond donors (Lipinski definition) is 3. The zero-order chi connectivity index (χ0) is 27.1. The van der Waals surface area contributed by atoms with Crippen LogP contribution in [0.2, 0.25) is 0 Å². The molecule has 4 rings (SSSR count). The summed E-state index contributed by atoms with van der Waals surface area (Å²) in [5.41, 5.74) is -1.90. The summed E-state index contributed by atoms with van der Waals surface area (Å²) in [6.07, 6.45) is 3.89. The number of hydrogen-bond acceptors (Lipinski definition) is 8. The molecule has 0 bridgehead atoms. The molecule has 1 saturated carbocycles. The first kappa shape index (κ1) is 26.8. The molecule has 198 valence electrons. The maximum Gasteiger partial charge on any atom is 0.278 e. The molecular formula is C25H29F2N5O4S. The second-order valence-corrected chi connectivity index (χ2v) is 10.3. The average Bonchev–Trinajstić information content (AvgIpc) is 2.86. The van der Waals surface area contributed by atoms with Crippen LogP contribution in [0.15, 0.2) is 29.2 Å². The van der Waals surface area contributed by atoms with E-state index in [1.54, 1.807) is 19.1 Å². The number of nitrogens with one attached hydrogen (secondary N) is 2.